The maximum absolute atomic E-state index is 5.88. The number of hydrogen-bond acceptors (Lipinski definition) is 5. The van der Waals surface area contributed by atoms with Gasteiger partial charge < -0.3 is 14.9 Å². The number of benzene rings is 2. The van der Waals surface area contributed by atoms with Crippen molar-refractivity contribution in [2.24, 2.45) is 0 Å². The smallest absolute Gasteiger partial charge is 0.119 e. The van der Waals surface area contributed by atoms with Gasteiger partial charge in [0.25, 0.3) is 0 Å². The molecule has 128 valence electrons. The van der Waals surface area contributed by atoms with E-state index in [1.165, 1.54) is 5.56 Å². The fourth-order valence-corrected chi connectivity index (χ4v) is 2.63. The largest absolute Gasteiger partial charge is 0.492 e. The van der Waals surface area contributed by atoms with Crippen molar-refractivity contribution < 1.29 is 9.47 Å². The summed E-state index contributed by atoms with van der Waals surface area (Å²) < 4.78 is 11.2. The highest BCUT2D eigenvalue weighted by Crippen LogP contribution is 2.13. The Morgan fingerprint density at radius 3 is 2.67 bits per heavy atom. The molecule has 5 nitrogen and oxygen atoms in total. The van der Waals surface area contributed by atoms with Gasteiger partial charge in [-0.25, -0.2) is 5.43 Å². The minimum atomic E-state index is 0.707. The average molecular weight is 327 g/mol. The van der Waals surface area contributed by atoms with Crippen LogP contribution in [0.15, 0.2) is 54.6 Å². The van der Waals surface area contributed by atoms with Crippen LogP contribution in [0.4, 0.5) is 5.69 Å². The van der Waals surface area contributed by atoms with Gasteiger partial charge in [-0.2, -0.15) is 0 Å². The third kappa shape index (κ3) is 5.53. The van der Waals surface area contributed by atoms with Gasteiger partial charge in [-0.1, -0.05) is 30.3 Å². The molecule has 3 rings (SSSR count). The summed E-state index contributed by atoms with van der Waals surface area (Å²) in [6.07, 6.45) is 0. The van der Waals surface area contributed by atoms with E-state index in [1.54, 1.807) is 0 Å². The zero-order chi connectivity index (χ0) is 16.5. The van der Waals surface area contributed by atoms with Crippen molar-refractivity contribution >= 4 is 5.69 Å². The number of hydrogen-bond donors (Lipinski definition) is 2. The van der Waals surface area contributed by atoms with Gasteiger partial charge in [0.05, 0.1) is 13.2 Å². The molecule has 0 amide bonds. The quantitative estimate of drug-likeness (QED) is 0.730. The van der Waals surface area contributed by atoms with E-state index in [0.717, 1.165) is 50.8 Å². The Morgan fingerprint density at radius 2 is 1.83 bits per heavy atom. The summed E-state index contributed by atoms with van der Waals surface area (Å²) in [5.41, 5.74) is 8.65. The molecule has 2 aromatic carbocycles. The summed E-state index contributed by atoms with van der Waals surface area (Å²) in [5, 5.41) is 0. The summed E-state index contributed by atoms with van der Waals surface area (Å²) >= 11 is 0. The number of nitrogens with one attached hydrogen (secondary N) is 2. The molecule has 0 radical (unpaired) electrons. The number of nitrogens with zero attached hydrogens (tertiary/aromatic N) is 1. The molecule has 0 aromatic heterocycles. The third-order valence-electron chi connectivity index (χ3n) is 3.98. The lowest BCUT2D eigenvalue weighted by molar-refractivity contribution is 0.0322. The monoisotopic (exact) mass is 327 g/mol. The number of rotatable bonds is 8. The number of hydrazine groups is 1. The van der Waals surface area contributed by atoms with Crippen LogP contribution < -0.4 is 15.6 Å². The molecule has 2 aromatic rings. The van der Waals surface area contributed by atoms with Crippen molar-refractivity contribution in [1.29, 1.82) is 0 Å². The maximum atomic E-state index is 5.88. The van der Waals surface area contributed by atoms with Crippen molar-refractivity contribution in [2.75, 3.05) is 44.9 Å². The molecule has 1 aliphatic rings. The topological polar surface area (TPSA) is 45.8 Å². The Kier molecular flexibility index (Phi) is 6.48. The maximum Gasteiger partial charge on any atom is 0.119 e. The van der Waals surface area contributed by atoms with Gasteiger partial charge in [0.15, 0.2) is 0 Å². The van der Waals surface area contributed by atoms with Gasteiger partial charge in [-0.05, 0) is 29.8 Å². The minimum absolute atomic E-state index is 0.707. The van der Waals surface area contributed by atoms with E-state index in [1.807, 2.05) is 42.5 Å². The number of ether oxygens (including phenoxy) is 2. The first-order valence-electron chi connectivity index (χ1n) is 8.46. The Labute approximate surface area is 143 Å². The molecule has 1 saturated heterocycles. The fraction of sp³-hybridized carbons (Fsp3) is 0.368. The second-order valence-corrected chi connectivity index (χ2v) is 5.79. The lowest BCUT2D eigenvalue weighted by atomic mass is 10.2. The molecule has 0 atom stereocenters. The van der Waals surface area contributed by atoms with E-state index < -0.39 is 0 Å². The van der Waals surface area contributed by atoms with E-state index in [2.05, 4.69) is 27.9 Å². The summed E-state index contributed by atoms with van der Waals surface area (Å²) in [6, 6.07) is 18.3. The predicted molar refractivity (Wildman–Crippen MR) is 96.1 cm³/mol. The predicted octanol–water partition coefficient (Wildman–Crippen LogP) is 2.51. The normalized spacial score (nSPS) is 15.2. The van der Waals surface area contributed by atoms with Crippen LogP contribution in [0.3, 0.4) is 0 Å². The van der Waals surface area contributed by atoms with E-state index >= 15 is 0 Å². The Balaban J connectivity index is 1.40. The highest BCUT2D eigenvalue weighted by Gasteiger charge is 2.09. The highest BCUT2D eigenvalue weighted by molar-refractivity contribution is 5.41. The van der Waals surface area contributed by atoms with Crippen LogP contribution in [0.2, 0.25) is 0 Å². The number of morpholine rings is 1. The summed E-state index contributed by atoms with van der Waals surface area (Å²) in [7, 11) is 0. The van der Waals surface area contributed by atoms with Gasteiger partial charge in [0.1, 0.15) is 12.4 Å². The Morgan fingerprint density at radius 1 is 1.00 bits per heavy atom. The SMILES string of the molecule is c1ccc(NNCc2cccc(OCCN3CCOCC3)c2)cc1. The molecule has 5 heteroatoms. The van der Waals surface area contributed by atoms with Crippen LogP contribution in [-0.4, -0.2) is 44.4 Å². The molecule has 1 fully saturated rings. The van der Waals surface area contributed by atoms with Gasteiger partial charge >= 0.3 is 0 Å². The molecule has 1 heterocycles. The van der Waals surface area contributed by atoms with Crippen molar-refractivity contribution in [2.45, 2.75) is 6.54 Å². The molecule has 0 bridgehead atoms. The van der Waals surface area contributed by atoms with Crippen LogP contribution in [0.25, 0.3) is 0 Å². The van der Waals surface area contributed by atoms with Crippen molar-refractivity contribution in [3.63, 3.8) is 0 Å². The van der Waals surface area contributed by atoms with Gasteiger partial charge in [0, 0.05) is 31.9 Å². The Bertz CT molecular complexity index is 601. The molecule has 0 spiro atoms. The Hall–Kier alpha value is -2.08. The minimum Gasteiger partial charge on any atom is -0.492 e. The van der Waals surface area contributed by atoms with Crippen LogP contribution in [-0.2, 0) is 11.3 Å². The second kappa shape index (κ2) is 9.27. The van der Waals surface area contributed by atoms with Crippen LogP contribution in [0.5, 0.6) is 5.75 Å². The van der Waals surface area contributed by atoms with Crippen LogP contribution in [0.1, 0.15) is 5.56 Å². The third-order valence-corrected chi connectivity index (χ3v) is 3.98. The van der Waals surface area contributed by atoms with E-state index in [4.69, 9.17) is 9.47 Å². The van der Waals surface area contributed by atoms with Gasteiger partial charge in [0.2, 0.25) is 0 Å². The molecule has 2 N–H and O–H groups in total. The first-order chi connectivity index (χ1) is 11.9. The van der Waals surface area contributed by atoms with E-state index in [0.29, 0.717) is 6.61 Å². The standard InChI is InChI=1S/C19H25N3O2/c1-2-6-18(7-3-1)21-20-16-17-5-4-8-19(15-17)24-14-11-22-9-12-23-13-10-22/h1-8,15,20-21H,9-14,16H2. The average Bonchev–Trinajstić information content (AvgIpc) is 2.64. The van der Waals surface area contributed by atoms with Crippen molar-refractivity contribution in [3.8, 4) is 5.75 Å². The fourth-order valence-electron chi connectivity index (χ4n) is 2.63. The van der Waals surface area contributed by atoms with Crippen molar-refractivity contribution in [1.82, 2.24) is 10.3 Å². The summed E-state index contributed by atoms with van der Waals surface area (Å²) in [6.45, 7) is 6.04. The van der Waals surface area contributed by atoms with Gasteiger partial charge in [-0.15, -0.1) is 0 Å². The molecular weight excluding hydrogens is 302 g/mol. The van der Waals surface area contributed by atoms with Crippen LogP contribution in [0, 0.1) is 0 Å². The van der Waals surface area contributed by atoms with Crippen LogP contribution >= 0.6 is 0 Å². The zero-order valence-corrected chi connectivity index (χ0v) is 13.9. The van der Waals surface area contributed by atoms with E-state index in [9.17, 15) is 0 Å². The molecule has 0 unspecified atom stereocenters. The summed E-state index contributed by atoms with van der Waals surface area (Å²) in [5.74, 6) is 0.919. The lowest BCUT2D eigenvalue weighted by Crippen LogP contribution is -2.38. The first kappa shape index (κ1) is 16.8. The van der Waals surface area contributed by atoms with E-state index in [-0.39, 0.29) is 0 Å². The van der Waals surface area contributed by atoms with Gasteiger partial charge in [-0.3, -0.25) is 4.90 Å². The molecule has 1 aliphatic heterocycles. The molecule has 24 heavy (non-hydrogen) atoms. The first-order valence-corrected chi connectivity index (χ1v) is 8.46. The summed E-state index contributed by atoms with van der Waals surface area (Å²) in [4.78, 5) is 2.37. The van der Waals surface area contributed by atoms with Crippen molar-refractivity contribution in [3.05, 3.63) is 60.2 Å². The molecule has 0 saturated carbocycles. The lowest BCUT2D eigenvalue weighted by Gasteiger charge is -2.26. The second-order valence-electron chi connectivity index (χ2n) is 5.79. The molecular formula is C19H25N3O2. The number of anilines is 1. The number of para-hydroxylation sites is 1. The highest BCUT2D eigenvalue weighted by atomic mass is 16.5. The zero-order valence-electron chi connectivity index (χ0n) is 13.9. The molecule has 0 aliphatic carbocycles.